The Labute approximate surface area is 315 Å². The molecule has 4 aliphatic rings. The number of rotatable bonds is 7. The molecule has 3 saturated heterocycles. The second kappa shape index (κ2) is 16.2. The van der Waals surface area contributed by atoms with Gasteiger partial charge in [-0.05, 0) is 67.5 Å². The Balaban J connectivity index is 1.14. The summed E-state index contributed by atoms with van der Waals surface area (Å²) in [6, 6.07) is 8.11. The number of hydrogen-bond donors (Lipinski definition) is 1. The van der Waals surface area contributed by atoms with Gasteiger partial charge in [0.1, 0.15) is 0 Å². The van der Waals surface area contributed by atoms with Crippen molar-refractivity contribution in [3.63, 3.8) is 0 Å². The first-order valence-corrected chi connectivity index (χ1v) is 20.1. The summed E-state index contributed by atoms with van der Waals surface area (Å²) < 4.78 is 113. The fraction of sp³-hybridized carbons (Fsp3) is 0.583. The average Bonchev–Trinajstić information content (AvgIpc) is 3.31. The molecule has 19 heteroatoms. The van der Waals surface area contributed by atoms with E-state index in [2.05, 4.69) is 10.2 Å². The lowest BCUT2D eigenvalue weighted by atomic mass is 9.99. The van der Waals surface area contributed by atoms with E-state index >= 15 is 0 Å². The fourth-order valence-electron chi connectivity index (χ4n) is 7.88. The summed E-state index contributed by atoms with van der Waals surface area (Å²) in [4.78, 5) is 47.2. The molecule has 1 unspecified atom stereocenters. The third-order valence-corrected chi connectivity index (χ3v) is 12.2. The molecule has 55 heavy (non-hydrogen) atoms. The van der Waals surface area contributed by atoms with Crippen molar-refractivity contribution in [2.24, 2.45) is 0 Å². The molecule has 302 valence electrons. The molecule has 0 aromatic heterocycles. The van der Waals surface area contributed by atoms with Crippen LogP contribution in [0.15, 0.2) is 42.5 Å². The first-order chi connectivity index (χ1) is 25.9. The number of ether oxygens (including phenoxy) is 1. The van der Waals surface area contributed by atoms with Gasteiger partial charge in [0.25, 0.3) is 5.91 Å². The van der Waals surface area contributed by atoms with E-state index in [1.54, 1.807) is 4.90 Å². The van der Waals surface area contributed by atoms with Crippen molar-refractivity contribution in [3.8, 4) is 0 Å². The van der Waals surface area contributed by atoms with Crippen LogP contribution < -0.4 is 5.32 Å². The largest absolute Gasteiger partial charge is 0.436 e. The number of anilines is 1. The molecule has 0 radical (unpaired) electrons. The van der Waals surface area contributed by atoms with Crippen LogP contribution in [0.1, 0.15) is 47.9 Å². The maximum Gasteiger partial charge on any atom is 0.416 e. The van der Waals surface area contributed by atoms with Crippen LogP contribution in [0.3, 0.4) is 0 Å². The Morgan fingerprint density at radius 1 is 0.800 bits per heavy atom. The van der Waals surface area contributed by atoms with Crippen molar-refractivity contribution in [2.45, 2.75) is 69.1 Å². The minimum atomic E-state index is -5.11. The summed E-state index contributed by atoms with van der Waals surface area (Å²) in [5, 5.41) is 2.92. The van der Waals surface area contributed by atoms with Crippen molar-refractivity contribution in [3.05, 3.63) is 64.7 Å². The number of nitrogens with zero attached hydrogens (tertiary/aromatic N) is 5. The first-order valence-electron chi connectivity index (χ1n) is 18.2. The number of hydrogen-bond acceptors (Lipinski definition) is 7. The molecule has 0 bridgehead atoms. The second-order valence-corrected chi connectivity index (χ2v) is 16.5. The Hall–Kier alpha value is -4.10. The predicted molar refractivity (Wildman–Crippen MR) is 188 cm³/mol. The van der Waals surface area contributed by atoms with Crippen LogP contribution in [0.25, 0.3) is 0 Å². The van der Waals surface area contributed by atoms with E-state index in [1.165, 1.54) is 14.1 Å². The number of halogens is 6. The number of sulfonamides is 1. The molecule has 4 heterocycles. The Kier molecular flexibility index (Phi) is 11.9. The number of likely N-dealkylation sites (tertiary alicyclic amines) is 1. The SMILES string of the molecule is CS(=O)(=O)N1CCC(N2CCN(C(=O)C(Cc3cc(C(F)(F)F)cc(C(F)(F)F)c3)OC(=O)N3CCC(N4CCc5ccccc5NC4=O)CC3)CC2)CC1. The van der Waals surface area contributed by atoms with Gasteiger partial charge in [0, 0.05) is 83.1 Å². The number of nitrogens with one attached hydrogen (secondary N) is 1. The number of para-hydroxylation sites is 1. The van der Waals surface area contributed by atoms with Gasteiger partial charge in [-0.25, -0.2) is 22.3 Å². The van der Waals surface area contributed by atoms with Crippen molar-refractivity contribution in [2.75, 3.05) is 70.5 Å². The van der Waals surface area contributed by atoms with E-state index in [1.807, 2.05) is 24.3 Å². The smallest absolute Gasteiger partial charge is 0.416 e. The van der Waals surface area contributed by atoms with Crippen LogP contribution in [0.4, 0.5) is 41.6 Å². The molecule has 0 saturated carbocycles. The summed E-state index contributed by atoms with van der Waals surface area (Å²) in [6.07, 6.45) is -9.91. The highest BCUT2D eigenvalue weighted by atomic mass is 32.2. The Morgan fingerprint density at radius 2 is 1.38 bits per heavy atom. The standard InChI is InChI=1S/C36H44F6N6O6S/c1-55(52,53)47-13-9-28(10-14-47)44-16-18-45(19-17-44)32(49)31(22-24-20-26(35(37,38)39)23-27(21-24)36(40,41)42)54-34(51)46-11-7-29(8-12-46)48-15-6-25-4-2-3-5-30(25)43-33(48)50/h2-5,20-21,23,28-29,31H,6-19,22H2,1H3,(H,43,50). The lowest BCUT2D eigenvalue weighted by Gasteiger charge is -2.43. The number of piperazine rings is 1. The minimum absolute atomic E-state index is 0.000617. The monoisotopic (exact) mass is 802 g/mol. The van der Waals surface area contributed by atoms with Crippen LogP contribution in [0.2, 0.25) is 0 Å². The lowest BCUT2D eigenvalue weighted by molar-refractivity contribution is -0.143. The van der Waals surface area contributed by atoms with Gasteiger partial charge < -0.3 is 24.8 Å². The molecule has 2 aromatic rings. The van der Waals surface area contributed by atoms with Crippen molar-refractivity contribution in [1.29, 1.82) is 0 Å². The van der Waals surface area contributed by atoms with E-state index in [0.717, 1.165) is 17.5 Å². The van der Waals surface area contributed by atoms with Crippen LogP contribution in [-0.2, 0) is 44.7 Å². The van der Waals surface area contributed by atoms with Gasteiger partial charge in [-0.1, -0.05) is 18.2 Å². The number of urea groups is 1. The zero-order chi connectivity index (χ0) is 39.7. The molecule has 1 atom stereocenters. The number of fused-ring (bicyclic) bond motifs is 1. The number of benzene rings is 2. The van der Waals surface area contributed by atoms with Gasteiger partial charge in [-0.15, -0.1) is 0 Å². The number of carbonyl (C=O) groups is 3. The molecule has 2 aromatic carbocycles. The highest BCUT2D eigenvalue weighted by Gasteiger charge is 2.40. The third-order valence-electron chi connectivity index (χ3n) is 10.9. The van der Waals surface area contributed by atoms with Crippen molar-refractivity contribution < 1.29 is 53.9 Å². The summed E-state index contributed by atoms with van der Waals surface area (Å²) in [5.41, 5.74) is -1.85. The highest BCUT2D eigenvalue weighted by Crippen LogP contribution is 2.37. The van der Waals surface area contributed by atoms with Crippen LogP contribution in [0, 0.1) is 0 Å². The van der Waals surface area contributed by atoms with E-state index in [4.69, 9.17) is 4.74 Å². The van der Waals surface area contributed by atoms with Crippen molar-refractivity contribution in [1.82, 2.24) is 23.9 Å². The van der Waals surface area contributed by atoms with Gasteiger partial charge in [0.05, 0.1) is 17.4 Å². The minimum Gasteiger partial charge on any atom is -0.436 e. The van der Waals surface area contributed by atoms with Crippen LogP contribution in [0.5, 0.6) is 0 Å². The van der Waals surface area contributed by atoms with E-state index < -0.39 is 63.6 Å². The van der Waals surface area contributed by atoms with Gasteiger partial charge >= 0.3 is 24.5 Å². The normalized spacial score (nSPS) is 20.8. The number of amides is 4. The van der Waals surface area contributed by atoms with Crippen LogP contribution in [-0.4, -0.2) is 134 Å². The molecular weight excluding hydrogens is 758 g/mol. The van der Waals surface area contributed by atoms with E-state index in [-0.39, 0.29) is 50.4 Å². The second-order valence-electron chi connectivity index (χ2n) is 14.5. The van der Waals surface area contributed by atoms with Gasteiger partial charge in [0.15, 0.2) is 6.10 Å². The predicted octanol–water partition coefficient (Wildman–Crippen LogP) is 4.89. The maximum atomic E-state index is 14.0. The summed E-state index contributed by atoms with van der Waals surface area (Å²) >= 11 is 0. The lowest BCUT2D eigenvalue weighted by Crippen LogP contribution is -2.57. The molecule has 12 nitrogen and oxygen atoms in total. The average molecular weight is 803 g/mol. The quantitative estimate of drug-likeness (QED) is 0.396. The molecule has 3 fully saturated rings. The number of piperidine rings is 2. The van der Waals surface area contributed by atoms with Gasteiger partial charge in [-0.3, -0.25) is 9.69 Å². The van der Waals surface area contributed by atoms with E-state index in [9.17, 15) is 49.1 Å². The first kappa shape index (κ1) is 40.6. The number of alkyl halides is 6. The van der Waals surface area contributed by atoms with E-state index in [0.29, 0.717) is 77.0 Å². The maximum absolute atomic E-state index is 14.0. The molecule has 0 spiro atoms. The molecule has 6 rings (SSSR count). The zero-order valence-electron chi connectivity index (χ0n) is 30.2. The Bertz CT molecular complexity index is 1810. The molecule has 4 aliphatic heterocycles. The number of carbonyl (C=O) groups excluding carboxylic acids is 3. The molecule has 0 aliphatic carbocycles. The van der Waals surface area contributed by atoms with Gasteiger partial charge in [0.2, 0.25) is 10.0 Å². The van der Waals surface area contributed by atoms with Crippen LogP contribution >= 0.6 is 0 Å². The summed E-state index contributed by atoms with van der Waals surface area (Å²) in [5.74, 6) is -0.749. The Morgan fingerprint density at radius 3 is 1.96 bits per heavy atom. The molecule has 4 amide bonds. The van der Waals surface area contributed by atoms with Gasteiger partial charge in [-0.2, -0.15) is 26.3 Å². The summed E-state index contributed by atoms with van der Waals surface area (Å²) in [7, 11) is -3.32. The zero-order valence-corrected chi connectivity index (χ0v) is 31.1. The highest BCUT2D eigenvalue weighted by molar-refractivity contribution is 7.88. The molecule has 1 N–H and O–H groups in total. The fourth-order valence-corrected chi connectivity index (χ4v) is 8.75. The molecular formula is C36H44F6N6O6S. The topological polar surface area (TPSA) is 123 Å². The third kappa shape index (κ3) is 9.83. The summed E-state index contributed by atoms with van der Waals surface area (Å²) in [6.45, 7) is 2.53. The van der Waals surface area contributed by atoms with Crippen molar-refractivity contribution >= 4 is 33.7 Å².